The fourth-order valence-electron chi connectivity index (χ4n) is 2.67. The molecule has 4 atom stereocenters. The zero-order valence-corrected chi connectivity index (χ0v) is 12.5. The molecule has 1 aliphatic rings. The predicted molar refractivity (Wildman–Crippen MR) is 78.6 cm³/mol. The van der Waals surface area contributed by atoms with Crippen molar-refractivity contribution in [2.45, 2.75) is 55.7 Å². The number of aliphatic hydroxyl groups excluding tert-OH is 1. The van der Waals surface area contributed by atoms with Crippen LogP contribution in [0.5, 0.6) is 0 Å². The van der Waals surface area contributed by atoms with Crippen LogP contribution in [-0.2, 0) is 10.8 Å². The predicted octanol–water partition coefficient (Wildman–Crippen LogP) is 2.38. The highest BCUT2D eigenvalue weighted by Gasteiger charge is 2.24. The van der Waals surface area contributed by atoms with Crippen LogP contribution in [0, 0.1) is 0 Å². The minimum atomic E-state index is -0.923. The lowest BCUT2D eigenvalue weighted by atomic mass is 9.91. The van der Waals surface area contributed by atoms with Gasteiger partial charge in [0.25, 0.3) is 0 Å². The first-order valence-electron chi connectivity index (χ1n) is 6.95. The first-order chi connectivity index (χ1) is 9.08. The Bertz CT molecular complexity index is 432. The molecule has 0 bridgehead atoms. The fraction of sp³-hybridized carbons (Fsp3) is 0.600. The average molecular weight is 281 g/mol. The lowest BCUT2D eigenvalue weighted by Crippen LogP contribution is -2.43. The summed E-state index contributed by atoms with van der Waals surface area (Å²) >= 11 is 0. The Labute approximate surface area is 117 Å². The molecule has 1 aromatic carbocycles. The Hall–Kier alpha value is -0.710. The molecule has 0 aliphatic heterocycles. The lowest BCUT2D eigenvalue weighted by Gasteiger charge is -2.31. The van der Waals surface area contributed by atoms with Crippen LogP contribution >= 0.6 is 0 Å². The third-order valence-corrected chi connectivity index (χ3v) is 4.84. The van der Waals surface area contributed by atoms with Crippen molar-refractivity contribution < 1.29 is 9.32 Å². The minimum Gasteiger partial charge on any atom is -0.392 e. The minimum absolute atomic E-state index is 0.198. The van der Waals surface area contributed by atoms with Gasteiger partial charge in [0.15, 0.2) is 0 Å². The van der Waals surface area contributed by atoms with Crippen LogP contribution in [0.25, 0.3) is 0 Å². The Morgan fingerprint density at radius 1 is 1.26 bits per heavy atom. The van der Waals surface area contributed by atoms with Crippen LogP contribution in [0.3, 0.4) is 0 Å². The Morgan fingerprint density at radius 2 is 1.89 bits per heavy atom. The molecule has 0 radical (unpaired) electrons. The molecule has 1 aliphatic carbocycles. The fourth-order valence-corrected chi connectivity index (χ4v) is 3.19. The van der Waals surface area contributed by atoms with Crippen LogP contribution in [0.2, 0.25) is 0 Å². The number of hydrogen-bond acceptors (Lipinski definition) is 3. The zero-order valence-electron chi connectivity index (χ0n) is 11.6. The van der Waals surface area contributed by atoms with Crippen molar-refractivity contribution in [3.63, 3.8) is 0 Å². The van der Waals surface area contributed by atoms with Gasteiger partial charge in [-0.2, -0.15) is 0 Å². The van der Waals surface area contributed by atoms with Crippen molar-refractivity contribution in [2.75, 3.05) is 6.26 Å². The van der Waals surface area contributed by atoms with Gasteiger partial charge in [-0.15, -0.1) is 0 Å². The third kappa shape index (κ3) is 3.88. The van der Waals surface area contributed by atoms with Crippen molar-refractivity contribution in [3.05, 3.63) is 29.8 Å². The van der Waals surface area contributed by atoms with Gasteiger partial charge in [-0.25, -0.2) is 0 Å². The van der Waals surface area contributed by atoms with Gasteiger partial charge in [-0.1, -0.05) is 25.0 Å². The molecule has 0 spiro atoms. The number of benzene rings is 1. The van der Waals surface area contributed by atoms with Crippen molar-refractivity contribution in [3.8, 4) is 0 Å². The molecule has 1 saturated carbocycles. The summed E-state index contributed by atoms with van der Waals surface area (Å²) in [6.45, 7) is 2.11. The molecule has 4 heteroatoms. The van der Waals surface area contributed by atoms with Crippen molar-refractivity contribution in [1.82, 2.24) is 5.32 Å². The summed E-state index contributed by atoms with van der Waals surface area (Å²) in [6.07, 6.45) is 5.73. The van der Waals surface area contributed by atoms with Gasteiger partial charge < -0.3 is 10.4 Å². The van der Waals surface area contributed by atoms with Gasteiger partial charge in [0.05, 0.1) is 6.10 Å². The van der Waals surface area contributed by atoms with E-state index in [0.717, 1.165) is 24.2 Å². The summed E-state index contributed by atoms with van der Waals surface area (Å²) in [6, 6.07) is 8.27. The summed E-state index contributed by atoms with van der Waals surface area (Å²) in [5, 5.41) is 13.5. The van der Waals surface area contributed by atoms with Gasteiger partial charge >= 0.3 is 0 Å². The topological polar surface area (TPSA) is 49.3 Å². The van der Waals surface area contributed by atoms with E-state index in [4.69, 9.17) is 0 Å². The number of aliphatic hydroxyl groups is 1. The van der Waals surface area contributed by atoms with Gasteiger partial charge in [-0.05, 0) is 37.5 Å². The second kappa shape index (κ2) is 6.64. The summed E-state index contributed by atoms with van der Waals surface area (Å²) in [5.41, 5.74) is 1.17. The van der Waals surface area contributed by atoms with E-state index < -0.39 is 10.8 Å². The quantitative estimate of drug-likeness (QED) is 0.891. The Kier molecular flexibility index (Phi) is 5.13. The van der Waals surface area contributed by atoms with Crippen LogP contribution in [0.1, 0.15) is 44.2 Å². The van der Waals surface area contributed by atoms with Crippen LogP contribution in [0.4, 0.5) is 0 Å². The van der Waals surface area contributed by atoms with Gasteiger partial charge in [0.2, 0.25) is 0 Å². The number of hydrogen-bond donors (Lipinski definition) is 2. The average Bonchev–Trinajstić information content (AvgIpc) is 2.41. The van der Waals surface area contributed by atoms with E-state index >= 15 is 0 Å². The molecule has 0 heterocycles. The van der Waals surface area contributed by atoms with Gasteiger partial charge in [-0.3, -0.25) is 4.21 Å². The van der Waals surface area contributed by atoms with E-state index in [-0.39, 0.29) is 18.2 Å². The molecular formula is C15H23NO2S. The first kappa shape index (κ1) is 14.7. The molecule has 4 unspecified atom stereocenters. The number of nitrogens with one attached hydrogen (secondary N) is 1. The Balaban J connectivity index is 1.98. The molecule has 3 nitrogen and oxygen atoms in total. The summed E-state index contributed by atoms with van der Waals surface area (Å²) in [4.78, 5) is 0.855. The third-order valence-electron chi connectivity index (χ3n) is 3.91. The first-order valence-corrected chi connectivity index (χ1v) is 8.51. The van der Waals surface area contributed by atoms with E-state index in [1.54, 1.807) is 6.26 Å². The van der Waals surface area contributed by atoms with E-state index in [1.165, 1.54) is 12.0 Å². The second-order valence-corrected chi connectivity index (χ2v) is 6.75. The molecule has 1 aromatic rings. The summed E-state index contributed by atoms with van der Waals surface area (Å²) in [7, 11) is -0.923. The zero-order chi connectivity index (χ0) is 13.8. The van der Waals surface area contributed by atoms with E-state index in [0.29, 0.717) is 0 Å². The van der Waals surface area contributed by atoms with Crippen molar-refractivity contribution >= 4 is 10.8 Å². The molecular weight excluding hydrogens is 258 g/mol. The maximum Gasteiger partial charge on any atom is 0.0693 e. The molecule has 2 N–H and O–H groups in total. The summed E-state index contributed by atoms with van der Waals surface area (Å²) in [5.74, 6) is 0. The monoisotopic (exact) mass is 281 g/mol. The maximum atomic E-state index is 11.3. The highest BCUT2D eigenvalue weighted by molar-refractivity contribution is 7.84. The highest BCUT2D eigenvalue weighted by Crippen LogP contribution is 2.22. The molecule has 1 fully saturated rings. The summed E-state index contributed by atoms with van der Waals surface area (Å²) < 4.78 is 11.3. The number of rotatable bonds is 4. The lowest BCUT2D eigenvalue weighted by molar-refractivity contribution is 0.0860. The maximum absolute atomic E-state index is 11.3. The van der Waals surface area contributed by atoms with Gasteiger partial charge in [0, 0.05) is 34.0 Å². The molecule has 0 saturated heterocycles. The smallest absolute Gasteiger partial charge is 0.0693 e. The molecule has 0 amide bonds. The normalized spacial score (nSPS) is 26.9. The van der Waals surface area contributed by atoms with E-state index in [1.807, 2.05) is 24.3 Å². The molecule has 0 aromatic heterocycles. The largest absolute Gasteiger partial charge is 0.392 e. The standard InChI is InChI=1S/C15H23NO2S/c1-11(16-14-5-3-4-6-15(14)17)12-7-9-13(10-8-12)19(2)18/h7-11,14-17H,3-6H2,1-2H3. The van der Waals surface area contributed by atoms with Crippen LogP contribution in [-0.4, -0.2) is 27.7 Å². The van der Waals surface area contributed by atoms with Crippen LogP contribution < -0.4 is 5.32 Å². The van der Waals surface area contributed by atoms with E-state index in [9.17, 15) is 9.32 Å². The highest BCUT2D eigenvalue weighted by atomic mass is 32.2. The Morgan fingerprint density at radius 3 is 2.47 bits per heavy atom. The van der Waals surface area contributed by atoms with E-state index in [2.05, 4.69) is 12.2 Å². The molecule has 19 heavy (non-hydrogen) atoms. The molecule has 2 rings (SSSR count). The molecule has 106 valence electrons. The van der Waals surface area contributed by atoms with Crippen molar-refractivity contribution in [1.29, 1.82) is 0 Å². The second-order valence-electron chi connectivity index (χ2n) is 5.37. The van der Waals surface area contributed by atoms with Gasteiger partial charge in [0.1, 0.15) is 0 Å². The van der Waals surface area contributed by atoms with Crippen molar-refractivity contribution in [2.24, 2.45) is 0 Å². The van der Waals surface area contributed by atoms with Crippen LogP contribution in [0.15, 0.2) is 29.2 Å². The SMILES string of the molecule is CC(NC1CCCCC1O)c1ccc(S(C)=O)cc1.